The molecule has 6 nitrogen and oxygen atoms in total. The SMILES string of the molecule is Cc1cc(N(C)C(=O)OC(C)(C)C)cc(C)c1CC(C)[S+]([O-])N1CCC(=O)CC1. The second kappa shape index (κ2) is 9.49. The second-order valence-electron chi connectivity index (χ2n) is 8.86. The predicted molar refractivity (Wildman–Crippen MR) is 118 cm³/mol. The summed E-state index contributed by atoms with van der Waals surface area (Å²) in [5, 5.41) is -0.0463. The van der Waals surface area contributed by atoms with Gasteiger partial charge in [-0.1, -0.05) is 0 Å². The summed E-state index contributed by atoms with van der Waals surface area (Å²) in [5.41, 5.74) is 3.51. The highest BCUT2D eigenvalue weighted by Gasteiger charge is 2.31. The molecular weight excluding hydrogens is 388 g/mol. The number of hydrogen-bond acceptors (Lipinski definition) is 5. The summed E-state index contributed by atoms with van der Waals surface area (Å²) in [7, 11) is 1.71. The van der Waals surface area contributed by atoms with E-state index in [1.54, 1.807) is 7.05 Å². The van der Waals surface area contributed by atoms with E-state index < -0.39 is 23.1 Å². The molecule has 1 fully saturated rings. The molecule has 1 aliphatic rings. The zero-order valence-corrected chi connectivity index (χ0v) is 19.5. The Balaban J connectivity index is 2.10. The van der Waals surface area contributed by atoms with Gasteiger partial charge in [-0.15, -0.1) is 4.31 Å². The highest BCUT2D eigenvalue weighted by atomic mass is 32.2. The third-order valence-corrected chi connectivity index (χ3v) is 6.84. The number of anilines is 1. The van der Waals surface area contributed by atoms with E-state index in [9.17, 15) is 14.1 Å². The van der Waals surface area contributed by atoms with Crippen molar-refractivity contribution >= 4 is 28.9 Å². The van der Waals surface area contributed by atoms with Crippen LogP contribution in [0.1, 0.15) is 57.2 Å². The summed E-state index contributed by atoms with van der Waals surface area (Å²) in [5.74, 6) is 0.252. The van der Waals surface area contributed by atoms with Crippen molar-refractivity contribution in [3.05, 3.63) is 28.8 Å². The third kappa shape index (κ3) is 6.46. The Morgan fingerprint density at radius 2 is 1.76 bits per heavy atom. The minimum atomic E-state index is -1.12. The first-order valence-electron chi connectivity index (χ1n) is 10.1. The first-order chi connectivity index (χ1) is 13.4. The van der Waals surface area contributed by atoms with Gasteiger partial charge in [0.2, 0.25) is 0 Å². The number of ketones is 1. The number of carbonyl (C=O) groups is 2. The Hall–Kier alpha value is -1.57. The molecule has 1 amide bonds. The molecule has 2 atom stereocenters. The van der Waals surface area contributed by atoms with Gasteiger partial charge in [-0.2, -0.15) is 0 Å². The van der Waals surface area contributed by atoms with Crippen molar-refractivity contribution in [2.24, 2.45) is 0 Å². The van der Waals surface area contributed by atoms with Crippen LogP contribution in [0.2, 0.25) is 0 Å². The standard InChI is InChI=1S/C22H34N2O4S/c1-15-12-18(23(7)21(26)28-22(4,5)6)13-16(2)20(15)14-17(3)29(27)24-10-8-19(25)9-11-24/h12-13,17H,8-11,14H2,1-7H3. The van der Waals surface area contributed by atoms with Crippen LogP contribution in [0.4, 0.5) is 10.5 Å². The van der Waals surface area contributed by atoms with E-state index in [2.05, 4.69) is 0 Å². The zero-order valence-electron chi connectivity index (χ0n) is 18.7. The van der Waals surface area contributed by atoms with Gasteiger partial charge in [0.15, 0.2) is 0 Å². The van der Waals surface area contributed by atoms with Gasteiger partial charge in [-0.05, 0) is 70.4 Å². The van der Waals surface area contributed by atoms with Crippen molar-refractivity contribution < 1.29 is 18.9 Å². The summed E-state index contributed by atoms with van der Waals surface area (Å²) < 4.78 is 20.3. The molecule has 0 radical (unpaired) electrons. The number of rotatable bonds is 5. The molecule has 29 heavy (non-hydrogen) atoms. The number of ether oxygens (including phenoxy) is 1. The second-order valence-corrected chi connectivity index (χ2v) is 10.7. The highest BCUT2D eigenvalue weighted by Crippen LogP contribution is 2.27. The fourth-order valence-corrected chi connectivity index (χ4v) is 4.81. The van der Waals surface area contributed by atoms with Gasteiger partial charge in [-0.25, -0.2) is 4.79 Å². The fourth-order valence-electron chi connectivity index (χ4n) is 3.45. The first-order valence-corrected chi connectivity index (χ1v) is 11.3. The molecule has 1 aromatic rings. The minimum Gasteiger partial charge on any atom is -0.598 e. The predicted octanol–water partition coefficient (Wildman–Crippen LogP) is 3.93. The van der Waals surface area contributed by atoms with Crippen molar-refractivity contribution in [2.75, 3.05) is 25.0 Å². The van der Waals surface area contributed by atoms with Gasteiger partial charge in [0.1, 0.15) is 16.6 Å². The molecule has 0 saturated carbocycles. The molecule has 1 aliphatic heterocycles. The number of aryl methyl sites for hydroxylation is 2. The van der Waals surface area contributed by atoms with Crippen LogP contribution >= 0.6 is 0 Å². The topological polar surface area (TPSA) is 72.9 Å². The summed E-state index contributed by atoms with van der Waals surface area (Å²) in [6, 6.07) is 3.95. The van der Waals surface area contributed by atoms with E-state index in [0.29, 0.717) is 32.4 Å². The van der Waals surface area contributed by atoms with E-state index in [1.165, 1.54) is 4.90 Å². The molecule has 0 spiro atoms. The monoisotopic (exact) mass is 422 g/mol. The van der Waals surface area contributed by atoms with Crippen LogP contribution in [-0.2, 0) is 27.3 Å². The van der Waals surface area contributed by atoms with Crippen LogP contribution in [0.25, 0.3) is 0 Å². The average Bonchev–Trinajstić information content (AvgIpc) is 2.62. The van der Waals surface area contributed by atoms with E-state index in [1.807, 2.05) is 58.0 Å². The molecule has 2 unspecified atom stereocenters. The maximum Gasteiger partial charge on any atom is 0.414 e. The van der Waals surface area contributed by atoms with Gasteiger partial charge in [0.25, 0.3) is 0 Å². The Bertz CT molecular complexity index is 727. The lowest BCUT2D eigenvalue weighted by Gasteiger charge is -2.31. The smallest absolute Gasteiger partial charge is 0.414 e. The third-order valence-electron chi connectivity index (χ3n) is 5.11. The maximum atomic E-state index is 12.9. The minimum absolute atomic E-state index is 0.0463. The van der Waals surface area contributed by atoms with E-state index in [4.69, 9.17) is 4.74 Å². The number of nitrogens with zero attached hydrogens (tertiary/aromatic N) is 2. The normalized spacial score (nSPS) is 17.7. The Morgan fingerprint density at radius 3 is 2.24 bits per heavy atom. The number of benzene rings is 1. The van der Waals surface area contributed by atoms with Gasteiger partial charge in [0.05, 0.1) is 13.1 Å². The van der Waals surface area contributed by atoms with Crippen LogP contribution in [0.15, 0.2) is 12.1 Å². The lowest BCUT2D eigenvalue weighted by Crippen LogP contribution is -2.43. The molecule has 1 heterocycles. The lowest BCUT2D eigenvalue weighted by molar-refractivity contribution is -0.120. The average molecular weight is 423 g/mol. The van der Waals surface area contributed by atoms with E-state index in [0.717, 1.165) is 22.4 Å². The van der Waals surface area contributed by atoms with Crippen molar-refractivity contribution in [1.29, 1.82) is 0 Å². The quantitative estimate of drug-likeness (QED) is 0.672. The van der Waals surface area contributed by atoms with Gasteiger partial charge in [-0.3, -0.25) is 9.69 Å². The summed E-state index contributed by atoms with van der Waals surface area (Å²) in [4.78, 5) is 25.3. The molecule has 0 N–H and O–H groups in total. The molecule has 0 aromatic heterocycles. The van der Waals surface area contributed by atoms with Gasteiger partial charge in [0, 0.05) is 43.4 Å². The van der Waals surface area contributed by atoms with Crippen LogP contribution in [-0.4, -0.2) is 51.7 Å². The van der Waals surface area contributed by atoms with Crippen molar-refractivity contribution in [1.82, 2.24) is 4.31 Å². The van der Waals surface area contributed by atoms with Crippen LogP contribution in [0, 0.1) is 13.8 Å². The number of carbonyl (C=O) groups excluding carboxylic acids is 2. The lowest BCUT2D eigenvalue weighted by atomic mass is 9.97. The molecular formula is C22H34N2O4S. The zero-order chi connectivity index (χ0) is 21.9. The molecule has 162 valence electrons. The Labute approximate surface area is 177 Å². The van der Waals surface area contributed by atoms with Gasteiger partial charge >= 0.3 is 6.09 Å². The van der Waals surface area contributed by atoms with Gasteiger partial charge < -0.3 is 9.29 Å². The molecule has 2 rings (SSSR count). The Kier molecular flexibility index (Phi) is 7.76. The molecule has 0 bridgehead atoms. The first kappa shape index (κ1) is 23.7. The van der Waals surface area contributed by atoms with E-state index >= 15 is 0 Å². The van der Waals surface area contributed by atoms with Crippen LogP contribution in [0.3, 0.4) is 0 Å². The van der Waals surface area contributed by atoms with Crippen molar-refractivity contribution in [3.8, 4) is 0 Å². The molecule has 1 saturated heterocycles. The van der Waals surface area contributed by atoms with Crippen LogP contribution < -0.4 is 4.90 Å². The summed E-state index contributed by atoms with van der Waals surface area (Å²) >= 11 is -1.12. The fraction of sp³-hybridized carbons (Fsp3) is 0.636. The Morgan fingerprint density at radius 1 is 1.24 bits per heavy atom. The number of hydrogen-bond donors (Lipinski definition) is 0. The molecule has 7 heteroatoms. The summed E-state index contributed by atoms with van der Waals surface area (Å²) in [6.45, 7) is 12.7. The van der Waals surface area contributed by atoms with Crippen molar-refractivity contribution in [3.63, 3.8) is 0 Å². The number of piperidine rings is 1. The molecule has 1 aromatic carbocycles. The van der Waals surface area contributed by atoms with Crippen molar-refractivity contribution in [2.45, 2.75) is 71.7 Å². The maximum absolute atomic E-state index is 12.9. The number of amides is 1. The molecule has 0 aliphatic carbocycles. The highest BCUT2D eigenvalue weighted by molar-refractivity contribution is 7.89. The van der Waals surface area contributed by atoms with Crippen LogP contribution in [0.5, 0.6) is 0 Å². The summed E-state index contributed by atoms with van der Waals surface area (Å²) in [6.07, 6.45) is 1.27. The van der Waals surface area contributed by atoms with E-state index in [-0.39, 0.29) is 11.0 Å². The number of Topliss-reactive ketones (excluding diaryl/α,β-unsaturated/α-hetero) is 1. The largest absolute Gasteiger partial charge is 0.598 e.